The summed E-state index contributed by atoms with van der Waals surface area (Å²) in [5.74, 6) is 0. The monoisotopic (exact) mass is 295 g/mol. The van der Waals surface area contributed by atoms with Gasteiger partial charge in [0.2, 0.25) is 0 Å². The van der Waals surface area contributed by atoms with E-state index in [4.69, 9.17) is 17.0 Å². The largest absolute Gasteiger partial charge is 0.445 e. The molecule has 0 unspecified atom stereocenters. The van der Waals surface area contributed by atoms with Crippen molar-refractivity contribution in [3.63, 3.8) is 0 Å². The van der Waals surface area contributed by atoms with Crippen LogP contribution >= 0.6 is 12.2 Å². The van der Waals surface area contributed by atoms with Crippen LogP contribution in [-0.4, -0.2) is 30.8 Å². The van der Waals surface area contributed by atoms with Gasteiger partial charge < -0.3 is 20.7 Å². The van der Waals surface area contributed by atoms with E-state index in [0.29, 0.717) is 18.2 Å². The molecule has 0 radical (unpaired) electrons. The third-order valence-corrected chi connectivity index (χ3v) is 2.72. The Morgan fingerprint density at radius 2 is 1.75 bits per heavy atom. The maximum Gasteiger partial charge on any atom is 0.407 e. The lowest BCUT2D eigenvalue weighted by Crippen LogP contribution is -2.40. The molecule has 0 aromatic heterocycles. The maximum absolute atomic E-state index is 11.4. The Morgan fingerprint density at radius 1 is 1.10 bits per heavy atom. The number of alkyl carbamates (subject to hydrolysis) is 1. The number of benzene rings is 1. The van der Waals surface area contributed by atoms with Crippen molar-refractivity contribution in [1.82, 2.24) is 16.0 Å². The number of ether oxygens (including phenoxy) is 1. The fourth-order valence-corrected chi connectivity index (χ4v) is 1.62. The second-order valence-corrected chi connectivity index (χ2v) is 4.58. The molecule has 0 spiro atoms. The zero-order valence-corrected chi connectivity index (χ0v) is 12.5. The van der Waals surface area contributed by atoms with Crippen LogP contribution in [0.15, 0.2) is 30.3 Å². The van der Waals surface area contributed by atoms with E-state index in [1.165, 1.54) is 0 Å². The first kappa shape index (κ1) is 16.2. The Kier molecular flexibility index (Phi) is 8.14. The average Bonchev–Trinajstić information content (AvgIpc) is 2.48. The number of rotatable bonds is 7. The molecule has 0 atom stereocenters. The summed E-state index contributed by atoms with van der Waals surface area (Å²) < 4.78 is 5.07. The van der Waals surface area contributed by atoms with Crippen molar-refractivity contribution in [3.05, 3.63) is 35.9 Å². The number of carbonyl (C=O) groups is 1. The third-order valence-electron chi connectivity index (χ3n) is 2.43. The Hall–Kier alpha value is -1.82. The van der Waals surface area contributed by atoms with Gasteiger partial charge in [-0.3, -0.25) is 0 Å². The van der Waals surface area contributed by atoms with Crippen LogP contribution in [-0.2, 0) is 11.3 Å². The summed E-state index contributed by atoms with van der Waals surface area (Å²) in [5.41, 5.74) is 0.964. The van der Waals surface area contributed by atoms with E-state index in [-0.39, 0.29) is 6.61 Å². The predicted octanol–water partition coefficient (Wildman–Crippen LogP) is 1.79. The van der Waals surface area contributed by atoms with Crippen molar-refractivity contribution in [3.8, 4) is 0 Å². The molecule has 1 aromatic rings. The van der Waals surface area contributed by atoms with Crippen LogP contribution < -0.4 is 16.0 Å². The van der Waals surface area contributed by atoms with E-state index in [1.54, 1.807) is 0 Å². The minimum absolute atomic E-state index is 0.274. The number of hydrogen-bond donors (Lipinski definition) is 3. The number of hydrogen-bond acceptors (Lipinski definition) is 3. The van der Waals surface area contributed by atoms with Crippen LogP contribution in [0, 0.1) is 0 Å². The van der Waals surface area contributed by atoms with E-state index < -0.39 is 6.09 Å². The summed E-state index contributed by atoms with van der Waals surface area (Å²) in [6, 6.07) is 9.56. The van der Waals surface area contributed by atoms with Gasteiger partial charge >= 0.3 is 6.09 Å². The van der Waals surface area contributed by atoms with Gasteiger partial charge in [-0.25, -0.2) is 4.79 Å². The third kappa shape index (κ3) is 7.58. The molecule has 0 aliphatic rings. The predicted molar refractivity (Wildman–Crippen MR) is 83.5 cm³/mol. The number of amides is 1. The Labute approximate surface area is 125 Å². The highest BCUT2D eigenvalue weighted by Crippen LogP contribution is 2.00. The summed E-state index contributed by atoms with van der Waals surface area (Å²) in [6.07, 6.45) is 0.592. The van der Waals surface area contributed by atoms with E-state index in [0.717, 1.165) is 18.5 Å². The zero-order chi connectivity index (χ0) is 14.6. The second kappa shape index (κ2) is 10.0. The SMILES string of the molecule is CCCNC(=S)NCCNC(=O)OCc1ccccc1. The van der Waals surface area contributed by atoms with Crippen LogP contribution in [0.3, 0.4) is 0 Å². The lowest BCUT2D eigenvalue weighted by Gasteiger charge is -2.10. The van der Waals surface area contributed by atoms with E-state index in [2.05, 4.69) is 22.9 Å². The van der Waals surface area contributed by atoms with Crippen LogP contribution in [0.1, 0.15) is 18.9 Å². The molecule has 3 N–H and O–H groups in total. The van der Waals surface area contributed by atoms with Gasteiger partial charge in [-0.2, -0.15) is 0 Å². The van der Waals surface area contributed by atoms with Gasteiger partial charge in [-0.1, -0.05) is 37.3 Å². The molecular formula is C14H21N3O2S. The van der Waals surface area contributed by atoms with Crippen LogP contribution in [0.5, 0.6) is 0 Å². The smallest absolute Gasteiger partial charge is 0.407 e. The second-order valence-electron chi connectivity index (χ2n) is 4.17. The van der Waals surface area contributed by atoms with Crippen LogP contribution in [0.25, 0.3) is 0 Å². The van der Waals surface area contributed by atoms with Gasteiger partial charge in [0.15, 0.2) is 5.11 Å². The van der Waals surface area contributed by atoms with Crippen molar-refractivity contribution < 1.29 is 9.53 Å². The van der Waals surface area contributed by atoms with E-state index in [9.17, 15) is 4.79 Å². The Morgan fingerprint density at radius 3 is 2.45 bits per heavy atom. The molecule has 0 saturated heterocycles. The first-order valence-corrected chi connectivity index (χ1v) is 7.09. The minimum Gasteiger partial charge on any atom is -0.445 e. The Bertz CT molecular complexity index is 412. The molecule has 0 aliphatic carbocycles. The number of thiocarbonyl (C=S) groups is 1. The number of nitrogens with one attached hydrogen (secondary N) is 3. The molecule has 0 fully saturated rings. The zero-order valence-electron chi connectivity index (χ0n) is 11.6. The molecule has 110 valence electrons. The molecule has 5 nitrogen and oxygen atoms in total. The molecule has 1 amide bonds. The lowest BCUT2D eigenvalue weighted by atomic mass is 10.2. The highest BCUT2D eigenvalue weighted by atomic mass is 32.1. The van der Waals surface area contributed by atoms with Gasteiger partial charge in [0.1, 0.15) is 6.61 Å². The molecular weight excluding hydrogens is 274 g/mol. The highest BCUT2D eigenvalue weighted by Gasteiger charge is 2.01. The average molecular weight is 295 g/mol. The van der Waals surface area contributed by atoms with Gasteiger partial charge in [0.05, 0.1) is 0 Å². The quantitative estimate of drug-likeness (QED) is 0.529. The highest BCUT2D eigenvalue weighted by molar-refractivity contribution is 7.80. The maximum atomic E-state index is 11.4. The molecule has 6 heteroatoms. The summed E-state index contributed by atoms with van der Waals surface area (Å²) in [6.45, 7) is 4.21. The summed E-state index contributed by atoms with van der Waals surface area (Å²) in [7, 11) is 0. The van der Waals surface area contributed by atoms with Crippen molar-refractivity contribution in [2.45, 2.75) is 20.0 Å². The van der Waals surface area contributed by atoms with Crippen molar-refractivity contribution >= 4 is 23.4 Å². The van der Waals surface area contributed by atoms with Gasteiger partial charge in [-0.15, -0.1) is 0 Å². The summed E-state index contributed by atoms with van der Waals surface area (Å²) >= 11 is 5.05. The topological polar surface area (TPSA) is 62.4 Å². The summed E-state index contributed by atoms with van der Waals surface area (Å²) in [4.78, 5) is 11.4. The normalized spacial score (nSPS) is 9.65. The van der Waals surface area contributed by atoms with E-state index >= 15 is 0 Å². The lowest BCUT2D eigenvalue weighted by molar-refractivity contribution is 0.140. The van der Waals surface area contributed by atoms with E-state index in [1.807, 2.05) is 30.3 Å². The first-order valence-electron chi connectivity index (χ1n) is 6.68. The standard InChI is InChI=1S/C14H21N3O2S/c1-2-8-15-13(20)16-9-10-17-14(18)19-11-12-6-4-3-5-7-12/h3-7H,2,8-11H2,1H3,(H,17,18)(H2,15,16,20). The number of carbonyl (C=O) groups excluding carboxylic acids is 1. The minimum atomic E-state index is -0.428. The van der Waals surface area contributed by atoms with Crippen molar-refractivity contribution in [1.29, 1.82) is 0 Å². The van der Waals surface area contributed by atoms with Crippen molar-refractivity contribution in [2.75, 3.05) is 19.6 Å². The fraction of sp³-hybridized carbons (Fsp3) is 0.429. The molecule has 0 saturated carbocycles. The van der Waals surface area contributed by atoms with Gasteiger partial charge in [-0.05, 0) is 24.2 Å². The van der Waals surface area contributed by atoms with Crippen LogP contribution in [0.4, 0.5) is 4.79 Å². The molecule has 0 bridgehead atoms. The molecule has 1 rings (SSSR count). The molecule has 0 heterocycles. The van der Waals surface area contributed by atoms with Crippen LogP contribution in [0.2, 0.25) is 0 Å². The van der Waals surface area contributed by atoms with Gasteiger partial charge in [0.25, 0.3) is 0 Å². The molecule has 0 aliphatic heterocycles. The van der Waals surface area contributed by atoms with Gasteiger partial charge in [0, 0.05) is 19.6 Å². The van der Waals surface area contributed by atoms with Crippen molar-refractivity contribution in [2.24, 2.45) is 0 Å². The summed E-state index contributed by atoms with van der Waals surface area (Å²) in [5, 5.41) is 9.30. The molecule has 20 heavy (non-hydrogen) atoms. The first-order chi connectivity index (χ1) is 9.72. The fourth-order valence-electron chi connectivity index (χ4n) is 1.42. The molecule has 1 aromatic carbocycles. The Balaban J connectivity index is 2.04.